The summed E-state index contributed by atoms with van der Waals surface area (Å²) in [7, 11) is 0. The first-order chi connectivity index (χ1) is 9.92. The van der Waals surface area contributed by atoms with Gasteiger partial charge in [0.2, 0.25) is 5.82 Å². The normalized spacial score (nSPS) is 19.5. The third kappa shape index (κ3) is 1.90. The van der Waals surface area contributed by atoms with Gasteiger partial charge in [-0.3, -0.25) is 0 Å². The smallest absolute Gasteiger partial charge is 0.257 e. The van der Waals surface area contributed by atoms with Crippen molar-refractivity contribution in [1.82, 2.24) is 15.5 Å². The fourth-order valence-corrected chi connectivity index (χ4v) is 2.35. The number of hydrogen-bond acceptors (Lipinski definition) is 6. The van der Waals surface area contributed by atoms with Gasteiger partial charge in [-0.25, -0.2) is 0 Å². The minimum Gasteiger partial charge on any atom is -0.464 e. The maximum absolute atomic E-state index is 5.60. The molecule has 0 bridgehead atoms. The highest BCUT2D eigenvalue weighted by Crippen LogP contribution is 2.29. The molecular formula is C14H13N3O3. The number of hydrogen-bond donors (Lipinski definition) is 1. The van der Waals surface area contributed by atoms with Crippen LogP contribution < -0.4 is 5.32 Å². The van der Waals surface area contributed by atoms with E-state index in [4.69, 9.17) is 13.7 Å². The summed E-state index contributed by atoms with van der Waals surface area (Å²) in [4.78, 5) is 4.42. The molecule has 1 aliphatic heterocycles. The molecular weight excluding hydrogens is 258 g/mol. The van der Waals surface area contributed by atoms with Gasteiger partial charge in [0, 0.05) is 18.5 Å². The molecule has 6 heteroatoms. The zero-order valence-corrected chi connectivity index (χ0v) is 10.7. The average Bonchev–Trinajstić information content (AvgIpc) is 3.14. The van der Waals surface area contributed by atoms with E-state index in [2.05, 4.69) is 15.5 Å². The number of aromatic nitrogens is 2. The number of ether oxygens (including phenoxy) is 1. The molecule has 1 unspecified atom stereocenters. The van der Waals surface area contributed by atoms with Gasteiger partial charge < -0.3 is 19.0 Å². The first-order valence-corrected chi connectivity index (χ1v) is 6.54. The van der Waals surface area contributed by atoms with Crippen LogP contribution in [-0.2, 0) is 4.74 Å². The Morgan fingerprint density at radius 3 is 3.10 bits per heavy atom. The fourth-order valence-electron chi connectivity index (χ4n) is 2.35. The second kappa shape index (κ2) is 4.73. The summed E-state index contributed by atoms with van der Waals surface area (Å²) < 4.78 is 16.4. The van der Waals surface area contributed by atoms with E-state index in [0.717, 1.165) is 23.1 Å². The Bertz CT molecular complexity index is 728. The number of para-hydroxylation sites is 1. The van der Waals surface area contributed by atoms with Crippen LogP contribution in [0.1, 0.15) is 12.0 Å². The molecule has 1 aliphatic rings. The predicted molar refractivity (Wildman–Crippen MR) is 71.1 cm³/mol. The van der Waals surface area contributed by atoms with E-state index >= 15 is 0 Å². The van der Waals surface area contributed by atoms with Gasteiger partial charge >= 0.3 is 0 Å². The summed E-state index contributed by atoms with van der Waals surface area (Å²) in [6.45, 7) is 2.19. The van der Waals surface area contributed by atoms with Gasteiger partial charge in [0.15, 0.2) is 0 Å². The molecule has 1 N–H and O–H groups in total. The van der Waals surface area contributed by atoms with Crippen LogP contribution in [0.2, 0.25) is 0 Å². The van der Waals surface area contributed by atoms with Crippen molar-refractivity contribution >= 4 is 11.0 Å². The summed E-state index contributed by atoms with van der Waals surface area (Å²) in [5, 5.41) is 8.24. The summed E-state index contributed by atoms with van der Waals surface area (Å²) in [6, 6.07) is 7.77. The lowest BCUT2D eigenvalue weighted by atomic mass is 10.2. The lowest BCUT2D eigenvalue weighted by Gasteiger charge is -2.19. The summed E-state index contributed by atoms with van der Waals surface area (Å²) in [5.41, 5.74) is 1.64. The van der Waals surface area contributed by atoms with Crippen molar-refractivity contribution in [2.45, 2.75) is 6.10 Å². The second-order valence-electron chi connectivity index (χ2n) is 4.67. The number of fused-ring (bicyclic) bond motifs is 1. The van der Waals surface area contributed by atoms with Gasteiger partial charge in [-0.05, 0) is 6.07 Å². The molecule has 0 spiro atoms. The molecule has 3 heterocycles. The highest BCUT2D eigenvalue weighted by Gasteiger charge is 2.23. The number of rotatable bonds is 2. The molecule has 2 aromatic heterocycles. The molecule has 1 fully saturated rings. The van der Waals surface area contributed by atoms with Crippen molar-refractivity contribution < 1.29 is 13.7 Å². The van der Waals surface area contributed by atoms with Crippen molar-refractivity contribution in [2.75, 3.05) is 19.7 Å². The molecule has 1 atom stereocenters. The molecule has 1 aromatic carbocycles. The van der Waals surface area contributed by atoms with Crippen LogP contribution in [0.25, 0.3) is 22.4 Å². The molecule has 6 nitrogen and oxygen atoms in total. The molecule has 4 rings (SSSR count). The fraction of sp³-hybridized carbons (Fsp3) is 0.286. The van der Waals surface area contributed by atoms with E-state index < -0.39 is 0 Å². The monoisotopic (exact) mass is 271 g/mol. The number of benzene rings is 1. The average molecular weight is 271 g/mol. The summed E-state index contributed by atoms with van der Waals surface area (Å²) in [5.74, 6) is 1.02. The minimum atomic E-state index is -0.178. The maximum atomic E-state index is 5.60. The van der Waals surface area contributed by atoms with Crippen LogP contribution >= 0.6 is 0 Å². The van der Waals surface area contributed by atoms with E-state index in [1.165, 1.54) is 0 Å². The Labute approximate surface area is 114 Å². The van der Waals surface area contributed by atoms with Crippen LogP contribution in [-0.4, -0.2) is 29.8 Å². The van der Waals surface area contributed by atoms with E-state index in [1.54, 1.807) is 6.26 Å². The Morgan fingerprint density at radius 2 is 2.20 bits per heavy atom. The SMILES string of the molecule is c1ccc2c(-c3noc(C4CNCCO4)n3)coc2c1. The Kier molecular flexibility index (Phi) is 2.75. The predicted octanol–water partition coefficient (Wildman–Crippen LogP) is 2.14. The number of morpholine rings is 1. The van der Waals surface area contributed by atoms with Gasteiger partial charge in [-0.2, -0.15) is 4.98 Å². The molecule has 1 saturated heterocycles. The molecule has 0 aliphatic carbocycles. The Morgan fingerprint density at radius 1 is 1.25 bits per heavy atom. The quantitative estimate of drug-likeness (QED) is 0.769. The molecule has 0 saturated carbocycles. The van der Waals surface area contributed by atoms with E-state index in [0.29, 0.717) is 24.9 Å². The standard InChI is InChI=1S/C14H13N3O3/c1-2-4-11-9(3-1)10(8-19-11)13-16-14(20-17-13)12-7-15-5-6-18-12/h1-4,8,12,15H,5-7H2. The topological polar surface area (TPSA) is 73.3 Å². The maximum Gasteiger partial charge on any atom is 0.257 e. The van der Waals surface area contributed by atoms with Crippen LogP contribution in [0.4, 0.5) is 0 Å². The summed E-state index contributed by atoms with van der Waals surface area (Å²) in [6.07, 6.45) is 1.47. The Hall–Kier alpha value is -2.18. The zero-order chi connectivity index (χ0) is 13.4. The molecule has 20 heavy (non-hydrogen) atoms. The first kappa shape index (κ1) is 11.6. The molecule has 102 valence electrons. The van der Waals surface area contributed by atoms with E-state index in [9.17, 15) is 0 Å². The van der Waals surface area contributed by atoms with Gasteiger partial charge in [-0.1, -0.05) is 23.4 Å². The van der Waals surface area contributed by atoms with Crippen LogP contribution in [0.3, 0.4) is 0 Å². The van der Waals surface area contributed by atoms with E-state index in [-0.39, 0.29) is 6.10 Å². The third-order valence-corrected chi connectivity index (χ3v) is 3.37. The minimum absolute atomic E-state index is 0.178. The molecule has 0 amide bonds. The van der Waals surface area contributed by atoms with Crippen molar-refractivity contribution in [3.63, 3.8) is 0 Å². The first-order valence-electron chi connectivity index (χ1n) is 6.54. The molecule has 3 aromatic rings. The van der Waals surface area contributed by atoms with Crippen LogP contribution in [0.15, 0.2) is 39.5 Å². The number of nitrogens with one attached hydrogen (secondary N) is 1. The summed E-state index contributed by atoms with van der Waals surface area (Å²) >= 11 is 0. The van der Waals surface area contributed by atoms with E-state index in [1.807, 2.05) is 24.3 Å². The highest BCUT2D eigenvalue weighted by atomic mass is 16.5. The third-order valence-electron chi connectivity index (χ3n) is 3.37. The van der Waals surface area contributed by atoms with Gasteiger partial charge in [0.05, 0.1) is 12.2 Å². The number of nitrogens with zero attached hydrogens (tertiary/aromatic N) is 2. The lowest BCUT2D eigenvalue weighted by Crippen LogP contribution is -2.33. The van der Waals surface area contributed by atoms with Crippen molar-refractivity contribution in [3.8, 4) is 11.4 Å². The zero-order valence-electron chi connectivity index (χ0n) is 10.7. The van der Waals surface area contributed by atoms with Crippen molar-refractivity contribution in [1.29, 1.82) is 0 Å². The second-order valence-corrected chi connectivity index (χ2v) is 4.67. The van der Waals surface area contributed by atoms with Gasteiger partial charge in [0.25, 0.3) is 5.89 Å². The lowest BCUT2D eigenvalue weighted by molar-refractivity contribution is 0.00755. The van der Waals surface area contributed by atoms with Crippen LogP contribution in [0, 0.1) is 0 Å². The van der Waals surface area contributed by atoms with Gasteiger partial charge in [-0.15, -0.1) is 0 Å². The van der Waals surface area contributed by atoms with Crippen LogP contribution in [0.5, 0.6) is 0 Å². The Balaban J connectivity index is 1.70. The highest BCUT2D eigenvalue weighted by molar-refractivity contribution is 5.91. The largest absolute Gasteiger partial charge is 0.464 e. The van der Waals surface area contributed by atoms with Gasteiger partial charge in [0.1, 0.15) is 18.0 Å². The van der Waals surface area contributed by atoms with Crippen molar-refractivity contribution in [2.24, 2.45) is 0 Å². The number of furan rings is 1. The molecule has 0 radical (unpaired) electrons. The van der Waals surface area contributed by atoms with Crippen molar-refractivity contribution in [3.05, 3.63) is 36.4 Å².